The molecule has 0 aromatic carbocycles. The smallest absolute Gasteiger partial charge is 0.324 e. The zero-order valence-corrected chi connectivity index (χ0v) is 12.3. The molecular formula is C13H14FN3O3S. The van der Waals surface area contributed by atoms with Crippen LogP contribution in [0.25, 0.3) is 10.2 Å². The lowest BCUT2D eigenvalue weighted by atomic mass is 10.2. The van der Waals surface area contributed by atoms with E-state index < -0.39 is 23.7 Å². The third-order valence-corrected chi connectivity index (χ3v) is 4.18. The number of esters is 1. The topological polar surface area (TPSA) is 94.3 Å². The predicted molar refractivity (Wildman–Crippen MR) is 76.6 cm³/mol. The van der Waals surface area contributed by atoms with Crippen molar-refractivity contribution in [2.75, 3.05) is 13.7 Å². The number of ether oxygens (including phenoxy) is 1. The number of nitrogens with two attached hydrogens (primary N) is 1. The molecule has 0 radical (unpaired) electrons. The molecule has 1 atom stereocenters. The minimum Gasteiger partial charge on any atom is -0.468 e. The first-order chi connectivity index (χ1) is 9.93. The molecule has 112 valence electrons. The molecule has 0 fully saturated rings. The van der Waals surface area contributed by atoms with Gasteiger partial charge < -0.3 is 15.8 Å². The van der Waals surface area contributed by atoms with Crippen LogP contribution < -0.4 is 11.1 Å². The summed E-state index contributed by atoms with van der Waals surface area (Å²) in [4.78, 5) is 27.4. The number of aryl methyl sites for hydroxylation is 1. The van der Waals surface area contributed by atoms with Gasteiger partial charge in [-0.25, -0.2) is 4.39 Å². The first kappa shape index (κ1) is 15.3. The van der Waals surface area contributed by atoms with Gasteiger partial charge in [-0.2, -0.15) is 0 Å². The number of carbonyl (C=O) groups excluding carboxylic acids is 2. The molecule has 21 heavy (non-hydrogen) atoms. The molecular weight excluding hydrogens is 297 g/mol. The Hall–Kier alpha value is -2.06. The summed E-state index contributed by atoms with van der Waals surface area (Å²) in [5.41, 5.74) is 6.54. The number of hydrogen-bond donors (Lipinski definition) is 2. The van der Waals surface area contributed by atoms with Crippen LogP contribution in [0.2, 0.25) is 0 Å². The number of carbonyl (C=O) groups is 2. The van der Waals surface area contributed by atoms with E-state index in [1.54, 1.807) is 13.0 Å². The molecule has 0 saturated carbocycles. The summed E-state index contributed by atoms with van der Waals surface area (Å²) in [6.45, 7) is 1.59. The maximum Gasteiger partial charge on any atom is 0.324 e. The van der Waals surface area contributed by atoms with Crippen molar-refractivity contribution in [3.63, 3.8) is 0 Å². The van der Waals surface area contributed by atoms with Crippen molar-refractivity contribution in [3.05, 3.63) is 28.5 Å². The van der Waals surface area contributed by atoms with Crippen LogP contribution in [-0.4, -0.2) is 36.6 Å². The van der Waals surface area contributed by atoms with Crippen molar-refractivity contribution >= 4 is 33.4 Å². The molecule has 0 spiro atoms. The van der Waals surface area contributed by atoms with Gasteiger partial charge in [0.25, 0.3) is 5.91 Å². The Morgan fingerprint density at radius 1 is 1.57 bits per heavy atom. The molecule has 8 heteroatoms. The number of fused-ring (bicyclic) bond motifs is 1. The predicted octanol–water partition coefficient (Wildman–Crippen LogP) is 0.974. The monoisotopic (exact) mass is 311 g/mol. The third kappa shape index (κ3) is 3.17. The Morgan fingerprint density at radius 2 is 2.29 bits per heavy atom. The van der Waals surface area contributed by atoms with E-state index >= 15 is 0 Å². The third-order valence-electron chi connectivity index (χ3n) is 2.94. The summed E-state index contributed by atoms with van der Waals surface area (Å²) in [6, 6.07) is 0.650. The number of nitrogens with one attached hydrogen (secondary N) is 1. The highest BCUT2D eigenvalue weighted by Crippen LogP contribution is 2.28. The maximum absolute atomic E-state index is 13.4. The van der Waals surface area contributed by atoms with Gasteiger partial charge in [0, 0.05) is 12.1 Å². The molecule has 0 aliphatic rings. The van der Waals surface area contributed by atoms with Gasteiger partial charge in [0.05, 0.1) is 28.4 Å². The molecule has 6 nitrogen and oxygen atoms in total. The van der Waals surface area contributed by atoms with E-state index in [1.165, 1.54) is 7.11 Å². The highest BCUT2D eigenvalue weighted by molar-refractivity contribution is 7.21. The number of amides is 1. The molecule has 2 rings (SSSR count). The van der Waals surface area contributed by atoms with Gasteiger partial charge in [-0.05, 0) is 13.0 Å². The lowest BCUT2D eigenvalue weighted by Crippen LogP contribution is -2.42. The number of rotatable bonds is 4. The average Bonchev–Trinajstić information content (AvgIpc) is 2.92. The number of hydrogen-bond acceptors (Lipinski definition) is 6. The van der Waals surface area contributed by atoms with Crippen LogP contribution in [0.5, 0.6) is 0 Å². The van der Waals surface area contributed by atoms with E-state index in [1.807, 2.05) is 0 Å². The molecule has 0 bridgehead atoms. The minimum absolute atomic E-state index is 0.0411. The van der Waals surface area contributed by atoms with E-state index in [-0.39, 0.29) is 6.54 Å². The van der Waals surface area contributed by atoms with Crippen LogP contribution in [0.15, 0.2) is 12.3 Å². The van der Waals surface area contributed by atoms with Gasteiger partial charge in [-0.1, -0.05) is 0 Å². The lowest BCUT2D eigenvalue weighted by Gasteiger charge is -2.09. The Kier molecular flexibility index (Phi) is 4.49. The van der Waals surface area contributed by atoms with Crippen LogP contribution in [0.1, 0.15) is 15.2 Å². The first-order valence-electron chi connectivity index (χ1n) is 6.10. The van der Waals surface area contributed by atoms with Crippen molar-refractivity contribution in [2.24, 2.45) is 5.73 Å². The molecule has 1 amide bonds. The van der Waals surface area contributed by atoms with Gasteiger partial charge in [0.15, 0.2) is 0 Å². The normalized spacial score (nSPS) is 12.2. The standard InChI is InChI=1S/C13H14FN3O3S/c1-6-7(14)4-16-9-3-10(21-11(6)9)12(18)17-5-8(15)13(19)20-2/h3-4,8H,5,15H2,1-2H3,(H,17,18)/t8-/m1/s1. The molecule has 0 saturated heterocycles. The number of methoxy groups -OCH3 is 1. The second-order valence-corrected chi connectivity index (χ2v) is 5.45. The quantitative estimate of drug-likeness (QED) is 0.821. The zero-order chi connectivity index (χ0) is 15.6. The maximum atomic E-state index is 13.4. The van der Waals surface area contributed by atoms with Gasteiger partial charge in [0.2, 0.25) is 0 Å². The van der Waals surface area contributed by atoms with Crippen LogP contribution in [0.4, 0.5) is 4.39 Å². The number of thiophene rings is 1. The van der Waals surface area contributed by atoms with Gasteiger partial charge in [0.1, 0.15) is 11.9 Å². The van der Waals surface area contributed by atoms with Gasteiger partial charge in [-0.3, -0.25) is 14.6 Å². The van der Waals surface area contributed by atoms with Crippen LogP contribution >= 0.6 is 11.3 Å². The summed E-state index contributed by atoms with van der Waals surface area (Å²) in [6.07, 6.45) is 1.12. The van der Waals surface area contributed by atoms with E-state index in [9.17, 15) is 14.0 Å². The van der Waals surface area contributed by atoms with E-state index in [4.69, 9.17) is 5.73 Å². The Balaban J connectivity index is 2.13. The van der Waals surface area contributed by atoms with Crippen LogP contribution in [-0.2, 0) is 9.53 Å². The van der Waals surface area contributed by atoms with E-state index in [0.29, 0.717) is 20.7 Å². The van der Waals surface area contributed by atoms with Crippen molar-refractivity contribution in [3.8, 4) is 0 Å². The molecule has 2 heterocycles. The molecule has 2 aromatic heterocycles. The van der Waals surface area contributed by atoms with E-state index in [2.05, 4.69) is 15.0 Å². The number of nitrogens with zero attached hydrogens (tertiary/aromatic N) is 1. The van der Waals surface area contributed by atoms with Crippen molar-refractivity contribution in [2.45, 2.75) is 13.0 Å². The number of pyridine rings is 1. The Morgan fingerprint density at radius 3 is 2.95 bits per heavy atom. The summed E-state index contributed by atoms with van der Waals surface area (Å²) in [5.74, 6) is -1.41. The molecule has 0 aliphatic heterocycles. The molecule has 0 aliphatic carbocycles. The summed E-state index contributed by atoms with van der Waals surface area (Å²) in [7, 11) is 1.22. The number of halogens is 1. The average molecular weight is 311 g/mol. The van der Waals surface area contributed by atoms with E-state index in [0.717, 1.165) is 17.5 Å². The zero-order valence-electron chi connectivity index (χ0n) is 11.5. The summed E-state index contributed by atoms with van der Waals surface area (Å²) in [5, 5.41) is 2.53. The fraction of sp³-hybridized carbons (Fsp3) is 0.308. The fourth-order valence-electron chi connectivity index (χ4n) is 1.71. The molecule has 2 aromatic rings. The number of aromatic nitrogens is 1. The van der Waals surface area contributed by atoms with Crippen molar-refractivity contribution < 1.29 is 18.7 Å². The highest BCUT2D eigenvalue weighted by atomic mass is 32.1. The molecule has 0 unspecified atom stereocenters. The second kappa shape index (κ2) is 6.15. The Labute approximate surface area is 124 Å². The lowest BCUT2D eigenvalue weighted by molar-refractivity contribution is -0.141. The van der Waals surface area contributed by atoms with Crippen molar-refractivity contribution in [1.29, 1.82) is 0 Å². The highest BCUT2D eigenvalue weighted by Gasteiger charge is 2.17. The van der Waals surface area contributed by atoms with Crippen LogP contribution in [0.3, 0.4) is 0 Å². The van der Waals surface area contributed by atoms with Crippen molar-refractivity contribution in [1.82, 2.24) is 10.3 Å². The Bertz CT molecular complexity index is 701. The summed E-state index contributed by atoms with van der Waals surface area (Å²) < 4.78 is 18.5. The van der Waals surface area contributed by atoms with Gasteiger partial charge >= 0.3 is 5.97 Å². The van der Waals surface area contributed by atoms with Crippen LogP contribution in [0, 0.1) is 12.7 Å². The largest absolute Gasteiger partial charge is 0.468 e. The fourth-order valence-corrected chi connectivity index (χ4v) is 2.74. The molecule has 3 N–H and O–H groups in total. The minimum atomic E-state index is -0.925. The second-order valence-electron chi connectivity index (χ2n) is 4.40. The SMILES string of the molecule is COC(=O)[C@H](N)CNC(=O)c1cc2ncc(F)c(C)c2s1. The first-order valence-corrected chi connectivity index (χ1v) is 6.92. The van der Waals surface area contributed by atoms with Gasteiger partial charge in [-0.15, -0.1) is 11.3 Å². The summed E-state index contributed by atoms with van der Waals surface area (Å²) >= 11 is 1.14.